The quantitative estimate of drug-likeness (QED) is 0.684. The third-order valence-corrected chi connectivity index (χ3v) is 5.29. The van der Waals surface area contributed by atoms with E-state index in [1.165, 1.54) is 36.4 Å². The van der Waals surface area contributed by atoms with E-state index in [1.807, 2.05) is 24.3 Å². The second-order valence-corrected chi connectivity index (χ2v) is 7.38. The Kier molecular flexibility index (Phi) is 5.97. The number of halogens is 1. The molecule has 31 heavy (non-hydrogen) atoms. The molecule has 1 aliphatic rings. The summed E-state index contributed by atoms with van der Waals surface area (Å²) in [7, 11) is 1.64. The molecule has 1 N–H and O–H groups in total. The molecule has 2 aromatic carbocycles. The summed E-state index contributed by atoms with van der Waals surface area (Å²) in [5.74, 6) is 0.0212. The number of hydrogen-bond acceptors (Lipinski definition) is 5. The maximum Gasteiger partial charge on any atom is 0.272 e. The van der Waals surface area contributed by atoms with E-state index in [1.54, 1.807) is 7.11 Å². The largest absolute Gasteiger partial charge is 0.495 e. The van der Waals surface area contributed by atoms with Crippen molar-refractivity contribution in [3.63, 3.8) is 0 Å². The van der Waals surface area contributed by atoms with Crippen molar-refractivity contribution in [1.82, 2.24) is 15.1 Å². The van der Waals surface area contributed by atoms with Crippen molar-refractivity contribution >= 4 is 11.6 Å². The van der Waals surface area contributed by atoms with Gasteiger partial charge in [-0.3, -0.25) is 9.59 Å². The summed E-state index contributed by atoms with van der Waals surface area (Å²) in [6.45, 7) is 1.52. The van der Waals surface area contributed by atoms with Gasteiger partial charge in [0.05, 0.1) is 18.5 Å². The predicted molar refractivity (Wildman–Crippen MR) is 115 cm³/mol. The van der Waals surface area contributed by atoms with Gasteiger partial charge in [-0.05, 0) is 55.3 Å². The lowest BCUT2D eigenvalue weighted by Crippen LogP contribution is -2.48. The van der Waals surface area contributed by atoms with Crippen LogP contribution in [0.4, 0.5) is 10.1 Å². The first-order valence-electron chi connectivity index (χ1n) is 10.1. The molecule has 4 rings (SSSR count). The van der Waals surface area contributed by atoms with Gasteiger partial charge >= 0.3 is 0 Å². The number of benzene rings is 2. The second-order valence-electron chi connectivity index (χ2n) is 7.38. The van der Waals surface area contributed by atoms with Gasteiger partial charge in [-0.15, -0.1) is 0 Å². The topological polar surface area (TPSA) is 76.5 Å². The summed E-state index contributed by atoms with van der Waals surface area (Å²) >= 11 is 0. The van der Waals surface area contributed by atoms with Crippen LogP contribution in [0.3, 0.4) is 0 Å². The molecule has 1 aromatic heterocycles. The number of amides is 1. The molecule has 1 atom stereocenters. The molecule has 0 bridgehead atoms. The smallest absolute Gasteiger partial charge is 0.272 e. The summed E-state index contributed by atoms with van der Waals surface area (Å²) in [4.78, 5) is 27.2. The summed E-state index contributed by atoms with van der Waals surface area (Å²) in [6, 6.07) is 15.8. The maximum atomic E-state index is 13.2. The highest BCUT2D eigenvalue weighted by Crippen LogP contribution is 2.29. The van der Waals surface area contributed by atoms with Gasteiger partial charge in [-0.2, -0.15) is 9.78 Å². The number of ether oxygens (including phenoxy) is 1. The molecule has 0 spiro atoms. The molecule has 2 heterocycles. The fraction of sp³-hybridized carbons (Fsp3) is 0.261. The van der Waals surface area contributed by atoms with E-state index in [-0.39, 0.29) is 17.6 Å². The van der Waals surface area contributed by atoms with Crippen molar-refractivity contribution < 1.29 is 13.9 Å². The van der Waals surface area contributed by atoms with Crippen LogP contribution in [0.2, 0.25) is 0 Å². The second kappa shape index (κ2) is 8.99. The number of hydrogen-bond donors (Lipinski definition) is 1. The Labute approximate surface area is 179 Å². The van der Waals surface area contributed by atoms with Crippen LogP contribution in [0.25, 0.3) is 5.69 Å². The Morgan fingerprint density at radius 3 is 2.68 bits per heavy atom. The number of nitrogens with zero attached hydrogens (tertiary/aromatic N) is 3. The Hall–Kier alpha value is -3.68. The minimum Gasteiger partial charge on any atom is -0.495 e. The van der Waals surface area contributed by atoms with Crippen molar-refractivity contribution in [2.45, 2.75) is 18.9 Å². The number of para-hydroxylation sites is 2. The molecule has 3 aromatic rings. The van der Waals surface area contributed by atoms with Crippen molar-refractivity contribution in [1.29, 1.82) is 0 Å². The molecular weight excluding hydrogens is 399 g/mol. The van der Waals surface area contributed by atoms with Gasteiger partial charge in [0.25, 0.3) is 11.5 Å². The van der Waals surface area contributed by atoms with Crippen LogP contribution in [0.5, 0.6) is 5.75 Å². The van der Waals surface area contributed by atoms with Crippen molar-refractivity contribution in [2.75, 3.05) is 25.1 Å². The zero-order chi connectivity index (χ0) is 21.8. The number of rotatable bonds is 5. The third-order valence-electron chi connectivity index (χ3n) is 5.29. The predicted octanol–water partition coefficient (Wildman–Crippen LogP) is 2.78. The number of aromatic nitrogens is 2. The highest BCUT2D eigenvalue weighted by molar-refractivity contribution is 5.92. The lowest BCUT2D eigenvalue weighted by Gasteiger charge is -2.35. The Morgan fingerprint density at radius 2 is 1.90 bits per heavy atom. The number of piperidine rings is 1. The molecule has 1 saturated heterocycles. The highest BCUT2D eigenvalue weighted by Gasteiger charge is 2.24. The van der Waals surface area contributed by atoms with E-state index in [9.17, 15) is 14.0 Å². The van der Waals surface area contributed by atoms with Crippen molar-refractivity contribution in [3.05, 3.63) is 82.5 Å². The third kappa shape index (κ3) is 4.58. The molecule has 0 radical (unpaired) electrons. The Balaban J connectivity index is 1.50. The standard InChI is InChI=1S/C23H23FN4O3/c1-31-21-7-3-2-6-20(21)27-14-4-5-17(15-27)25-23(30)19-12-13-22(29)28(26-19)18-10-8-16(24)9-11-18/h2-3,6-13,17H,4-5,14-15H2,1H3,(H,25,30). The summed E-state index contributed by atoms with van der Waals surface area (Å²) in [5.41, 5.74) is 1.11. The molecule has 0 aliphatic carbocycles. The Morgan fingerprint density at radius 1 is 1.13 bits per heavy atom. The molecule has 1 amide bonds. The fourth-order valence-corrected chi connectivity index (χ4v) is 3.76. The zero-order valence-electron chi connectivity index (χ0n) is 17.1. The van der Waals surface area contributed by atoms with E-state index < -0.39 is 11.4 Å². The summed E-state index contributed by atoms with van der Waals surface area (Å²) in [5, 5.41) is 7.20. The highest BCUT2D eigenvalue weighted by atomic mass is 19.1. The lowest BCUT2D eigenvalue weighted by atomic mass is 10.0. The zero-order valence-corrected chi connectivity index (χ0v) is 17.1. The van der Waals surface area contributed by atoms with E-state index in [0.717, 1.165) is 35.5 Å². The van der Waals surface area contributed by atoms with Crippen molar-refractivity contribution in [2.24, 2.45) is 0 Å². The van der Waals surface area contributed by atoms with Crippen molar-refractivity contribution in [3.8, 4) is 11.4 Å². The first kappa shape index (κ1) is 20.6. The molecule has 1 unspecified atom stereocenters. The SMILES string of the molecule is COc1ccccc1N1CCCC(NC(=O)c2ccc(=O)n(-c3ccc(F)cc3)n2)C1. The number of carbonyl (C=O) groups is 1. The van der Waals surface area contributed by atoms with E-state index >= 15 is 0 Å². The van der Waals surface area contributed by atoms with Crippen LogP contribution in [0.15, 0.2) is 65.5 Å². The lowest BCUT2D eigenvalue weighted by molar-refractivity contribution is 0.0926. The first-order chi connectivity index (χ1) is 15.0. The minimum absolute atomic E-state index is 0.0702. The van der Waals surface area contributed by atoms with E-state index in [4.69, 9.17) is 4.74 Å². The molecular formula is C23H23FN4O3. The molecule has 1 fully saturated rings. The van der Waals surface area contributed by atoms with Gasteiger partial charge in [-0.25, -0.2) is 4.39 Å². The van der Waals surface area contributed by atoms with Crippen LogP contribution in [0, 0.1) is 5.82 Å². The van der Waals surface area contributed by atoms with E-state index in [0.29, 0.717) is 12.2 Å². The van der Waals surface area contributed by atoms with Gasteiger partial charge < -0.3 is 15.0 Å². The molecule has 8 heteroatoms. The summed E-state index contributed by atoms with van der Waals surface area (Å²) < 4.78 is 19.7. The summed E-state index contributed by atoms with van der Waals surface area (Å²) in [6.07, 6.45) is 1.76. The van der Waals surface area contributed by atoms with Gasteiger partial charge in [0.1, 0.15) is 17.3 Å². The van der Waals surface area contributed by atoms with Gasteiger partial charge in [-0.1, -0.05) is 12.1 Å². The molecule has 1 aliphatic heterocycles. The monoisotopic (exact) mass is 422 g/mol. The molecule has 160 valence electrons. The fourth-order valence-electron chi connectivity index (χ4n) is 3.76. The average Bonchev–Trinajstić information content (AvgIpc) is 2.80. The average molecular weight is 422 g/mol. The van der Waals surface area contributed by atoms with Crippen LogP contribution < -0.4 is 20.5 Å². The molecule has 0 saturated carbocycles. The van der Waals surface area contributed by atoms with Gasteiger partial charge in [0.15, 0.2) is 0 Å². The van der Waals surface area contributed by atoms with Gasteiger partial charge in [0, 0.05) is 25.2 Å². The van der Waals surface area contributed by atoms with E-state index in [2.05, 4.69) is 15.3 Å². The van der Waals surface area contributed by atoms with Crippen LogP contribution in [-0.4, -0.2) is 41.9 Å². The van der Waals surface area contributed by atoms with Crippen LogP contribution in [0.1, 0.15) is 23.3 Å². The van der Waals surface area contributed by atoms with Crippen LogP contribution in [-0.2, 0) is 0 Å². The minimum atomic E-state index is -0.414. The van der Waals surface area contributed by atoms with Crippen LogP contribution >= 0.6 is 0 Å². The first-order valence-corrected chi connectivity index (χ1v) is 10.1. The number of nitrogens with one attached hydrogen (secondary N) is 1. The number of carbonyl (C=O) groups excluding carboxylic acids is 1. The normalized spacial score (nSPS) is 16.1. The number of methoxy groups -OCH3 is 1. The number of anilines is 1. The molecule has 7 nitrogen and oxygen atoms in total. The maximum absolute atomic E-state index is 13.2. The Bertz CT molecular complexity index is 1130. The van der Waals surface area contributed by atoms with Gasteiger partial charge in [0.2, 0.25) is 0 Å².